The molecule has 0 bridgehead atoms. The molecule has 0 N–H and O–H groups in total. The third-order valence-corrected chi connectivity index (χ3v) is 8.48. The van der Waals surface area contributed by atoms with Crippen molar-refractivity contribution in [1.82, 2.24) is 4.90 Å². The minimum atomic E-state index is -1.24. The fourth-order valence-electron chi connectivity index (χ4n) is 5.57. The van der Waals surface area contributed by atoms with Gasteiger partial charge in [0.1, 0.15) is 16.9 Å². The van der Waals surface area contributed by atoms with Crippen LogP contribution in [-0.2, 0) is 23.3 Å². The van der Waals surface area contributed by atoms with E-state index in [0.717, 1.165) is 5.56 Å². The van der Waals surface area contributed by atoms with Crippen molar-refractivity contribution < 1.29 is 23.8 Å². The van der Waals surface area contributed by atoms with Gasteiger partial charge in [0.25, 0.3) is 5.91 Å². The summed E-state index contributed by atoms with van der Waals surface area (Å²) in [4.78, 5) is 31.5. The molecule has 1 atom stereocenters. The normalized spacial score (nSPS) is 15.4. The van der Waals surface area contributed by atoms with Gasteiger partial charge in [-0.05, 0) is 79.6 Å². The number of carbonyl (C=O) groups excluding carboxylic acids is 2. The molecule has 5 rings (SSSR count). The molecule has 0 fully saturated rings. The molecule has 230 valence electrons. The second-order valence-corrected chi connectivity index (χ2v) is 11.3. The zero-order valence-electron chi connectivity index (χ0n) is 24.7. The number of anilines is 1. The number of rotatable bonds is 9. The van der Waals surface area contributed by atoms with Crippen molar-refractivity contribution in [3.63, 3.8) is 0 Å². The zero-order valence-corrected chi connectivity index (χ0v) is 27.0. The lowest BCUT2D eigenvalue weighted by atomic mass is 9.76. The first-order valence-electron chi connectivity index (χ1n) is 13.7. The van der Waals surface area contributed by atoms with Crippen molar-refractivity contribution in [2.75, 3.05) is 25.7 Å². The fraction of sp³-hybridized carbons (Fsp3) is 0.242. The molecule has 0 saturated carbocycles. The average molecular weight is 657 g/mol. The molecule has 2 amide bonds. The van der Waals surface area contributed by atoms with Gasteiger partial charge in [0.15, 0.2) is 12.4 Å². The molecular weight excluding hydrogens is 625 g/mol. The van der Waals surface area contributed by atoms with E-state index in [0.29, 0.717) is 60.8 Å². The second-order valence-electron chi connectivity index (χ2n) is 10.4. The average Bonchev–Trinajstić information content (AvgIpc) is 3.21. The van der Waals surface area contributed by atoms with E-state index >= 15 is 0 Å². The summed E-state index contributed by atoms with van der Waals surface area (Å²) in [7, 11) is 3.15. The Morgan fingerprint density at radius 2 is 1.80 bits per heavy atom. The van der Waals surface area contributed by atoms with E-state index in [9.17, 15) is 14.8 Å². The maximum absolute atomic E-state index is 14.5. The number of amides is 2. The molecule has 0 aliphatic carbocycles. The number of pyridine rings is 1. The first-order chi connectivity index (χ1) is 20.6. The zero-order chi connectivity index (χ0) is 30.9. The molecule has 11 heteroatoms. The molecule has 1 unspecified atom stereocenters. The number of carbonyl (C=O) groups is 2. The summed E-state index contributed by atoms with van der Waals surface area (Å²) < 4.78 is 11.6. The van der Waals surface area contributed by atoms with Gasteiger partial charge in [0.05, 0.1) is 27.3 Å². The summed E-state index contributed by atoms with van der Waals surface area (Å²) in [5.41, 5.74) is 2.49. The van der Waals surface area contributed by atoms with Crippen molar-refractivity contribution in [3.05, 3.63) is 122 Å². The van der Waals surface area contributed by atoms with E-state index in [1.54, 1.807) is 79.5 Å². The largest absolute Gasteiger partial charge is 0.619 e. The van der Waals surface area contributed by atoms with Crippen molar-refractivity contribution in [2.45, 2.75) is 32.4 Å². The number of aromatic nitrogens is 1. The van der Waals surface area contributed by atoms with Crippen molar-refractivity contribution in [2.24, 2.45) is 0 Å². The van der Waals surface area contributed by atoms with Gasteiger partial charge >= 0.3 is 0 Å². The van der Waals surface area contributed by atoms with Crippen LogP contribution in [0.15, 0.2) is 79.1 Å². The molecule has 1 aromatic heterocycles. The molecule has 44 heavy (non-hydrogen) atoms. The predicted molar refractivity (Wildman–Crippen MR) is 173 cm³/mol. The fourth-order valence-corrected chi connectivity index (χ4v) is 6.05. The van der Waals surface area contributed by atoms with Gasteiger partial charge in [-0.3, -0.25) is 9.59 Å². The first kappa shape index (κ1) is 32.9. The van der Waals surface area contributed by atoms with Gasteiger partial charge in [-0.25, -0.2) is 0 Å². The van der Waals surface area contributed by atoms with E-state index in [-0.39, 0.29) is 37.3 Å². The molecule has 0 saturated heterocycles. The highest BCUT2D eigenvalue weighted by Gasteiger charge is 2.50. The predicted octanol–water partition coefficient (Wildman–Crippen LogP) is 6.58. The minimum absolute atomic E-state index is 0. The number of hydrogen-bond donors (Lipinski definition) is 0. The Labute approximate surface area is 272 Å². The summed E-state index contributed by atoms with van der Waals surface area (Å²) in [6, 6.07) is 19.2. The molecule has 0 radical (unpaired) electrons. The van der Waals surface area contributed by atoms with Gasteiger partial charge in [-0.15, -0.1) is 12.4 Å². The SMILES string of the molecule is CCN(Cc1ccc[n+]([O-])c1)C(=O)c1ccc(Cl)c(C2(C)C(=O)N(Cc3ccc(OC)cc3OC)c3ccc(Cl)cc32)c1.Cl. The number of fused-ring (bicyclic) bond motifs is 1. The lowest BCUT2D eigenvalue weighted by Crippen LogP contribution is -2.39. The van der Waals surface area contributed by atoms with Crippen molar-refractivity contribution in [3.8, 4) is 11.5 Å². The lowest BCUT2D eigenvalue weighted by molar-refractivity contribution is -0.605. The molecule has 2 heterocycles. The van der Waals surface area contributed by atoms with E-state index in [4.69, 9.17) is 32.7 Å². The summed E-state index contributed by atoms with van der Waals surface area (Å²) in [5.74, 6) is 0.759. The topological polar surface area (TPSA) is 86.0 Å². The van der Waals surface area contributed by atoms with Gasteiger partial charge in [-0.2, -0.15) is 4.73 Å². The van der Waals surface area contributed by atoms with Crippen LogP contribution in [0.3, 0.4) is 0 Å². The highest BCUT2D eigenvalue weighted by molar-refractivity contribution is 6.33. The lowest BCUT2D eigenvalue weighted by Gasteiger charge is -2.28. The Hall–Kier alpha value is -3.98. The number of nitrogens with zero attached hydrogens (tertiary/aromatic N) is 3. The summed E-state index contributed by atoms with van der Waals surface area (Å²) in [6.45, 7) is 4.57. The van der Waals surface area contributed by atoms with Crippen LogP contribution in [0, 0.1) is 5.21 Å². The monoisotopic (exact) mass is 655 g/mol. The first-order valence-corrected chi connectivity index (χ1v) is 14.5. The number of hydrogen-bond acceptors (Lipinski definition) is 5. The second kappa shape index (κ2) is 13.3. The molecule has 1 aliphatic rings. The van der Waals surface area contributed by atoms with Crippen LogP contribution in [0.25, 0.3) is 0 Å². The Morgan fingerprint density at radius 3 is 2.48 bits per heavy atom. The highest BCUT2D eigenvalue weighted by atomic mass is 35.5. The molecule has 1 aliphatic heterocycles. The van der Waals surface area contributed by atoms with Crippen LogP contribution in [0.2, 0.25) is 10.0 Å². The van der Waals surface area contributed by atoms with E-state index in [1.807, 2.05) is 25.1 Å². The number of ether oxygens (including phenoxy) is 2. The van der Waals surface area contributed by atoms with Gasteiger partial charge in [0, 0.05) is 51.1 Å². The molecule has 4 aromatic rings. The van der Waals surface area contributed by atoms with Crippen LogP contribution in [0.1, 0.15) is 46.5 Å². The third-order valence-electron chi connectivity index (χ3n) is 7.91. The summed E-state index contributed by atoms with van der Waals surface area (Å²) >= 11 is 13.3. The highest BCUT2D eigenvalue weighted by Crippen LogP contribution is 2.49. The summed E-state index contributed by atoms with van der Waals surface area (Å²) in [6.07, 6.45) is 2.83. The minimum Gasteiger partial charge on any atom is -0.619 e. The maximum atomic E-state index is 14.5. The standard InChI is InChI=1S/C33H31Cl2N3O5.ClH/c1-5-36(18-21-7-6-14-37(41)19-21)31(39)22-9-12-28(35)26(15-22)33(2)27-16-24(34)10-13-29(27)38(32(33)40)20-23-8-11-25(42-3)17-30(23)43-4;/h6-17,19H,5,18,20H2,1-4H3;1H. The molecule has 3 aromatic carbocycles. The third kappa shape index (κ3) is 6.02. The van der Waals surface area contributed by atoms with Crippen molar-refractivity contribution in [1.29, 1.82) is 0 Å². The number of methoxy groups -OCH3 is 2. The Bertz CT molecular complexity index is 1720. The van der Waals surface area contributed by atoms with Crippen LogP contribution in [-0.4, -0.2) is 37.5 Å². The van der Waals surface area contributed by atoms with Crippen LogP contribution < -0.4 is 19.1 Å². The van der Waals surface area contributed by atoms with E-state index < -0.39 is 5.41 Å². The van der Waals surface area contributed by atoms with E-state index in [1.165, 1.54) is 12.4 Å². The van der Waals surface area contributed by atoms with Gasteiger partial charge in [0.2, 0.25) is 5.91 Å². The molecular formula is C33H32Cl3N3O5. The van der Waals surface area contributed by atoms with E-state index in [2.05, 4.69) is 0 Å². The quantitative estimate of drug-likeness (QED) is 0.150. The Balaban J connectivity index is 0.00000442. The van der Waals surface area contributed by atoms with Crippen LogP contribution in [0.4, 0.5) is 5.69 Å². The maximum Gasteiger partial charge on any atom is 0.254 e. The van der Waals surface area contributed by atoms with Gasteiger partial charge < -0.3 is 24.5 Å². The molecule has 8 nitrogen and oxygen atoms in total. The van der Waals surface area contributed by atoms with Crippen LogP contribution in [0.5, 0.6) is 11.5 Å². The Kier molecular flexibility index (Phi) is 9.98. The number of benzene rings is 3. The molecule has 0 spiro atoms. The van der Waals surface area contributed by atoms with Crippen LogP contribution >= 0.6 is 35.6 Å². The smallest absolute Gasteiger partial charge is 0.254 e. The van der Waals surface area contributed by atoms with Crippen molar-refractivity contribution >= 4 is 53.1 Å². The summed E-state index contributed by atoms with van der Waals surface area (Å²) in [5, 5.41) is 12.6. The van der Waals surface area contributed by atoms with Gasteiger partial charge in [-0.1, -0.05) is 23.2 Å². The number of halogens is 3. The Morgan fingerprint density at radius 1 is 1.02 bits per heavy atom.